The monoisotopic (exact) mass is 369 g/mol. The first-order chi connectivity index (χ1) is 13.0. The Hall–Kier alpha value is -3.60. The average molecular weight is 369 g/mol. The maximum atomic E-state index is 12.6. The second-order valence-electron chi connectivity index (χ2n) is 5.67. The number of carbonyl (C=O) groups excluding carboxylic acids is 1. The second kappa shape index (κ2) is 9.20. The summed E-state index contributed by atoms with van der Waals surface area (Å²) in [7, 11) is 1.40. The number of hydrogen-bond acceptors (Lipinski definition) is 6. The number of benzene rings is 2. The third-order valence-electron chi connectivity index (χ3n) is 3.81. The number of nitro groups is 1. The minimum atomic E-state index is -0.601. The van der Waals surface area contributed by atoms with Crippen LogP contribution in [0.2, 0.25) is 0 Å². The minimum absolute atomic E-state index is 0.0294. The first-order valence-electron chi connectivity index (χ1n) is 8.15. The van der Waals surface area contributed by atoms with Gasteiger partial charge in [0.25, 0.3) is 5.91 Å². The lowest BCUT2D eigenvalue weighted by Crippen LogP contribution is -2.35. The molecule has 140 valence electrons. The van der Waals surface area contributed by atoms with E-state index >= 15 is 0 Å². The van der Waals surface area contributed by atoms with E-state index in [1.807, 2.05) is 25.1 Å². The standard InChI is InChI=1S/C19H19N3O5/c1-14-4-6-15(7-5-14)21(11-3-10-20)19(23)13-27-18-9-8-16(26-2)12-17(18)22(24)25/h4-9,12H,3,11,13H2,1-2H3. The lowest BCUT2D eigenvalue weighted by atomic mass is 10.2. The highest BCUT2D eigenvalue weighted by molar-refractivity contribution is 5.94. The van der Waals surface area contributed by atoms with Gasteiger partial charge in [-0.25, -0.2) is 0 Å². The molecule has 0 heterocycles. The van der Waals surface area contributed by atoms with Crippen molar-refractivity contribution < 1.29 is 19.2 Å². The van der Waals surface area contributed by atoms with E-state index in [0.29, 0.717) is 11.4 Å². The third-order valence-corrected chi connectivity index (χ3v) is 3.81. The zero-order valence-corrected chi connectivity index (χ0v) is 15.0. The highest BCUT2D eigenvalue weighted by Gasteiger charge is 2.20. The van der Waals surface area contributed by atoms with Gasteiger partial charge in [0.05, 0.1) is 30.6 Å². The summed E-state index contributed by atoms with van der Waals surface area (Å²) in [6, 6.07) is 13.4. The van der Waals surface area contributed by atoms with Gasteiger partial charge in [-0.1, -0.05) is 17.7 Å². The predicted octanol–water partition coefficient (Wildman–Crippen LogP) is 3.24. The van der Waals surface area contributed by atoms with E-state index in [1.165, 1.54) is 30.2 Å². The Morgan fingerprint density at radius 2 is 1.96 bits per heavy atom. The highest BCUT2D eigenvalue weighted by atomic mass is 16.6. The van der Waals surface area contributed by atoms with Crippen molar-refractivity contribution in [3.63, 3.8) is 0 Å². The zero-order chi connectivity index (χ0) is 19.8. The lowest BCUT2D eigenvalue weighted by Gasteiger charge is -2.22. The van der Waals surface area contributed by atoms with E-state index in [-0.39, 0.29) is 24.4 Å². The molecule has 1 amide bonds. The molecule has 0 spiro atoms. The Balaban J connectivity index is 2.17. The summed E-state index contributed by atoms with van der Waals surface area (Å²) < 4.78 is 10.4. The normalized spacial score (nSPS) is 9.96. The van der Waals surface area contributed by atoms with Crippen LogP contribution in [-0.2, 0) is 4.79 Å². The van der Waals surface area contributed by atoms with E-state index in [9.17, 15) is 14.9 Å². The summed E-state index contributed by atoms with van der Waals surface area (Å²) >= 11 is 0. The van der Waals surface area contributed by atoms with Gasteiger partial charge in [-0.15, -0.1) is 0 Å². The first kappa shape index (κ1) is 19.7. The Labute approximate surface area is 156 Å². The van der Waals surface area contributed by atoms with Crippen LogP contribution in [0, 0.1) is 28.4 Å². The molecule has 2 aromatic carbocycles. The molecular weight excluding hydrogens is 350 g/mol. The molecule has 2 aromatic rings. The number of rotatable bonds is 8. The summed E-state index contributed by atoms with van der Waals surface area (Å²) in [5.74, 6) is -0.117. The van der Waals surface area contributed by atoms with Crippen LogP contribution in [0.4, 0.5) is 11.4 Å². The molecule has 0 N–H and O–H groups in total. The van der Waals surface area contributed by atoms with Crippen LogP contribution in [0.1, 0.15) is 12.0 Å². The van der Waals surface area contributed by atoms with E-state index in [0.717, 1.165) is 5.56 Å². The van der Waals surface area contributed by atoms with Gasteiger partial charge < -0.3 is 14.4 Å². The molecule has 0 aliphatic rings. The van der Waals surface area contributed by atoms with E-state index in [1.54, 1.807) is 12.1 Å². The molecule has 0 saturated heterocycles. The highest BCUT2D eigenvalue weighted by Crippen LogP contribution is 2.31. The number of anilines is 1. The van der Waals surface area contributed by atoms with Crippen LogP contribution in [0.5, 0.6) is 11.5 Å². The molecule has 0 aliphatic heterocycles. The first-order valence-corrected chi connectivity index (χ1v) is 8.15. The average Bonchev–Trinajstić information content (AvgIpc) is 2.67. The molecular formula is C19H19N3O5. The van der Waals surface area contributed by atoms with Crippen molar-refractivity contribution in [3.8, 4) is 17.6 Å². The number of aryl methyl sites for hydroxylation is 1. The molecule has 0 radical (unpaired) electrons. The van der Waals surface area contributed by atoms with Crippen LogP contribution in [0.25, 0.3) is 0 Å². The number of hydrogen-bond donors (Lipinski definition) is 0. The molecule has 0 unspecified atom stereocenters. The van der Waals surface area contributed by atoms with Gasteiger partial charge >= 0.3 is 5.69 Å². The Morgan fingerprint density at radius 1 is 1.26 bits per heavy atom. The van der Waals surface area contributed by atoms with Gasteiger partial charge in [0.1, 0.15) is 5.75 Å². The van der Waals surface area contributed by atoms with Crippen molar-refractivity contribution >= 4 is 17.3 Å². The molecule has 8 heteroatoms. The Morgan fingerprint density at radius 3 is 2.56 bits per heavy atom. The molecule has 0 fully saturated rings. The van der Waals surface area contributed by atoms with Gasteiger partial charge in [-0.3, -0.25) is 14.9 Å². The molecule has 2 rings (SSSR count). The molecule has 0 bridgehead atoms. The number of ether oxygens (including phenoxy) is 2. The van der Waals surface area contributed by atoms with Crippen LogP contribution in [0.15, 0.2) is 42.5 Å². The maximum absolute atomic E-state index is 12.6. The molecule has 0 atom stereocenters. The fourth-order valence-corrected chi connectivity index (χ4v) is 2.39. The fourth-order valence-electron chi connectivity index (χ4n) is 2.39. The van der Waals surface area contributed by atoms with Crippen molar-refractivity contribution in [2.45, 2.75) is 13.3 Å². The third kappa shape index (κ3) is 5.19. The van der Waals surface area contributed by atoms with Crippen LogP contribution in [-0.4, -0.2) is 31.1 Å². The SMILES string of the molecule is COc1ccc(OCC(=O)N(CCC#N)c2ccc(C)cc2)c([N+](=O)[O-])c1. The molecule has 27 heavy (non-hydrogen) atoms. The van der Waals surface area contributed by atoms with Crippen molar-refractivity contribution in [1.82, 2.24) is 0 Å². The largest absolute Gasteiger partial charge is 0.496 e. The summed E-state index contributed by atoms with van der Waals surface area (Å²) in [6.45, 7) is 1.73. The molecule has 0 saturated carbocycles. The molecule has 8 nitrogen and oxygen atoms in total. The zero-order valence-electron chi connectivity index (χ0n) is 15.0. The number of nitriles is 1. The van der Waals surface area contributed by atoms with E-state index in [4.69, 9.17) is 14.7 Å². The summed E-state index contributed by atoms with van der Waals surface area (Å²) in [5.41, 5.74) is 1.38. The van der Waals surface area contributed by atoms with E-state index in [2.05, 4.69) is 0 Å². The second-order valence-corrected chi connectivity index (χ2v) is 5.67. The Bertz CT molecular complexity index is 859. The van der Waals surface area contributed by atoms with Crippen LogP contribution >= 0.6 is 0 Å². The fraction of sp³-hybridized carbons (Fsp3) is 0.263. The Kier molecular flexibility index (Phi) is 6.72. The van der Waals surface area contributed by atoms with Gasteiger partial charge in [-0.2, -0.15) is 5.26 Å². The number of nitro benzene ring substituents is 1. The molecule has 0 aliphatic carbocycles. The smallest absolute Gasteiger partial charge is 0.314 e. The number of carbonyl (C=O) groups is 1. The molecule has 0 aromatic heterocycles. The number of methoxy groups -OCH3 is 1. The number of nitrogens with zero attached hydrogens (tertiary/aromatic N) is 3. The maximum Gasteiger partial charge on any atom is 0.314 e. The van der Waals surface area contributed by atoms with Gasteiger partial charge in [0, 0.05) is 12.2 Å². The van der Waals surface area contributed by atoms with E-state index < -0.39 is 17.4 Å². The van der Waals surface area contributed by atoms with Crippen LogP contribution < -0.4 is 14.4 Å². The minimum Gasteiger partial charge on any atom is -0.496 e. The van der Waals surface area contributed by atoms with Gasteiger partial charge in [0.2, 0.25) is 0 Å². The van der Waals surface area contributed by atoms with Crippen molar-refractivity contribution in [3.05, 3.63) is 58.1 Å². The van der Waals surface area contributed by atoms with Crippen molar-refractivity contribution in [2.75, 3.05) is 25.2 Å². The summed E-state index contributed by atoms with van der Waals surface area (Å²) in [6.07, 6.45) is 0.155. The van der Waals surface area contributed by atoms with Crippen molar-refractivity contribution in [1.29, 1.82) is 5.26 Å². The topological polar surface area (TPSA) is 106 Å². The van der Waals surface area contributed by atoms with Crippen molar-refractivity contribution in [2.24, 2.45) is 0 Å². The van der Waals surface area contributed by atoms with Gasteiger partial charge in [0.15, 0.2) is 12.4 Å². The van der Waals surface area contributed by atoms with Crippen LogP contribution in [0.3, 0.4) is 0 Å². The quantitative estimate of drug-likeness (QED) is 0.522. The van der Waals surface area contributed by atoms with Gasteiger partial charge in [-0.05, 0) is 31.2 Å². The summed E-state index contributed by atoms with van der Waals surface area (Å²) in [5, 5.41) is 20.0. The summed E-state index contributed by atoms with van der Waals surface area (Å²) in [4.78, 5) is 24.6. The predicted molar refractivity (Wildman–Crippen MR) is 98.9 cm³/mol. The lowest BCUT2D eigenvalue weighted by molar-refractivity contribution is -0.385. The number of amides is 1.